The molecule has 0 bridgehead atoms. The standard InChI is InChI=1S/C10H10BrClN2OS/c11-6-3-8(9(12)13-4-6)10(15)14-7-1-2-16-5-7/h3-4,7H,1-2,5H2,(H,14,15). The zero-order valence-electron chi connectivity index (χ0n) is 8.37. The second-order valence-electron chi connectivity index (χ2n) is 3.53. The molecule has 16 heavy (non-hydrogen) atoms. The van der Waals surface area contributed by atoms with Crippen LogP contribution in [0, 0.1) is 0 Å². The van der Waals surface area contributed by atoms with E-state index < -0.39 is 0 Å². The van der Waals surface area contributed by atoms with Crippen molar-refractivity contribution < 1.29 is 4.79 Å². The van der Waals surface area contributed by atoms with Gasteiger partial charge in [-0.1, -0.05) is 11.6 Å². The van der Waals surface area contributed by atoms with Gasteiger partial charge in [0.2, 0.25) is 0 Å². The molecule has 1 aromatic rings. The van der Waals surface area contributed by atoms with Crippen molar-refractivity contribution in [3.63, 3.8) is 0 Å². The highest BCUT2D eigenvalue weighted by atomic mass is 79.9. The van der Waals surface area contributed by atoms with Crippen LogP contribution in [0.15, 0.2) is 16.7 Å². The normalized spacial score (nSPS) is 19.8. The molecule has 1 saturated heterocycles. The SMILES string of the molecule is O=C(NC1CCSC1)c1cc(Br)cnc1Cl. The zero-order chi connectivity index (χ0) is 11.5. The van der Waals surface area contributed by atoms with Gasteiger partial charge in [-0.25, -0.2) is 4.98 Å². The summed E-state index contributed by atoms with van der Waals surface area (Å²) in [5.74, 6) is 1.94. The van der Waals surface area contributed by atoms with Crippen molar-refractivity contribution in [1.82, 2.24) is 10.3 Å². The lowest BCUT2D eigenvalue weighted by atomic mass is 10.2. The van der Waals surface area contributed by atoms with Crippen molar-refractivity contribution >= 4 is 45.2 Å². The number of carbonyl (C=O) groups excluding carboxylic acids is 1. The summed E-state index contributed by atoms with van der Waals surface area (Å²) in [5.41, 5.74) is 0.424. The van der Waals surface area contributed by atoms with Gasteiger partial charge in [-0.2, -0.15) is 11.8 Å². The first kappa shape index (κ1) is 12.2. The predicted octanol–water partition coefficient (Wildman–Crippen LogP) is 2.73. The molecule has 1 aliphatic rings. The van der Waals surface area contributed by atoms with Crippen LogP contribution >= 0.6 is 39.3 Å². The first-order chi connectivity index (χ1) is 7.66. The maximum absolute atomic E-state index is 11.9. The third-order valence-corrected chi connectivity index (χ3v) is 4.21. The van der Waals surface area contributed by atoms with Crippen molar-refractivity contribution in [3.05, 3.63) is 27.5 Å². The van der Waals surface area contributed by atoms with Gasteiger partial charge in [0.1, 0.15) is 5.15 Å². The Labute approximate surface area is 111 Å². The highest BCUT2D eigenvalue weighted by Gasteiger charge is 2.20. The number of amides is 1. The second-order valence-corrected chi connectivity index (χ2v) is 5.95. The van der Waals surface area contributed by atoms with E-state index in [1.54, 1.807) is 12.3 Å². The molecule has 0 saturated carbocycles. The van der Waals surface area contributed by atoms with Crippen LogP contribution in [0.5, 0.6) is 0 Å². The Kier molecular flexibility index (Phi) is 4.10. The van der Waals surface area contributed by atoms with Crippen LogP contribution in [-0.4, -0.2) is 28.4 Å². The van der Waals surface area contributed by atoms with Crippen molar-refractivity contribution in [2.45, 2.75) is 12.5 Å². The first-order valence-electron chi connectivity index (χ1n) is 4.86. The van der Waals surface area contributed by atoms with Crippen LogP contribution in [-0.2, 0) is 0 Å². The average Bonchev–Trinajstić information content (AvgIpc) is 2.74. The summed E-state index contributed by atoms with van der Waals surface area (Å²) in [6.45, 7) is 0. The molecular weight excluding hydrogens is 312 g/mol. The highest BCUT2D eigenvalue weighted by molar-refractivity contribution is 9.10. The molecule has 2 rings (SSSR count). The smallest absolute Gasteiger partial charge is 0.254 e. The molecule has 0 radical (unpaired) electrons. The van der Waals surface area contributed by atoms with E-state index >= 15 is 0 Å². The number of aromatic nitrogens is 1. The Hall–Kier alpha value is -0.260. The quantitative estimate of drug-likeness (QED) is 0.852. The molecule has 1 fully saturated rings. The number of hydrogen-bond acceptors (Lipinski definition) is 3. The molecule has 1 aliphatic heterocycles. The van der Waals surface area contributed by atoms with E-state index in [2.05, 4.69) is 26.2 Å². The zero-order valence-corrected chi connectivity index (χ0v) is 11.5. The fourth-order valence-corrected chi connectivity index (χ4v) is 3.17. The number of nitrogens with zero attached hydrogens (tertiary/aromatic N) is 1. The number of carbonyl (C=O) groups is 1. The van der Waals surface area contributed by atoms with E-state index in [0.29, 0.717) is 5.56 Å². The van der Waals surface area contributed by atoms with E-state index in [1.807, 2.05) is 11.8 Å². The maximum Gasteiger partial charge on any atom is 0.254 e. The minimum Gasteiger partial charge on any atom is -0.348 e. The molecule has 0 aromatic carbocycles. The number of halogens is 2. The average molecular weight is 322 g/mol. The number of thioether (sulfide) groups is 1. The van der Waals surface area contributed by atoms with Gasteiger partial charge in [0.05, 0.1) is 5.56 Å². The monoisotopic (exact) mass is 320 g/mol. The van der Waals surface area contributed by atoms with Gasteiger partial charge in [-0.05, 0) is 34.2 Å². The van der Waals surface area contributed by atoms with Gasteiger partial charge < -0.3 is 5.32 Å². The molecule has 3 nitrogen and oxygen atoms in total. The van der Waals surface area contributed by atoms with Crippen LogP contribution in [0.25, 0.3) is 0 Å². The van der Waals surface area contributed by atoms with Gasteiger partial charge in [-0.3, -0.25) is 4.79 Å². The van der Waals surface area contributed by atoms with Crippen LogP contribution in [0.3, 0.4) is 0 Å². The minimum atomic E-state index is -0.147. The number of rotatable bonds is 2. The molecule has 0 spiro atoms. The first-order valence-corrected chi connectivity index (χ1v) is 7.19. The van der Waals surface area contributed by atoms with Crippen molar-refractivity contribution in [1.29, 1.82) is 0 Å². The number of nitrogens with one attached hydrogen (secondary N) is 1. The van der Waals surface area contributed by atoms with Gasteiger partial charge in [0.15, 0.2) is 0 Å². The number of pyridine rings is 1. The fraction of sp³-hybridized carbons (Fsp3) is 0.400. The van der Waals surface area contributed by atoms with Crippen molar-refractivity contribution in [2.24, 2.45) is 0 Å². The molecule has 2 heterocycles. The lowest BCUT2D eigenvalue weighted by Gasteiger charge is -2.11. The number of hydrogen-bond donors (Lipinski definition) is 1. The van der Waals surface area contributed by atoms with E-state index in [0.717, 1.165) is 22.4 Å². The minimum absolute atomic E-state index is 0.147. The Morgan fingerprint density at radius 3 is 3.19 bits per heavy atom. The Bertz CT molecular complexity index is 410. The largest absolute Gasteiger partial charge is 0.348 e. The van der Waals surface area contributed by atoms with Gasteiger partial charge >= 0.3 is 0 Å². The maximum atomic E-state index is 11.9. The van der Waals surface area contributed by atoms with Gasteiger partial charge in [-0.15, -0.1) is 0 Å². The van der Waals surface area contributed by atoms with Crippen LogP contribution in [0.2, 0.25) is 5.15 Å². The van der Waals surface area contributed by atoms with Gasteiger partial charge in [0.25, 0.3) is 5.91 Å². The Balaban J connectivity index is 2.10. The molecule has 0 aliphatic carbocycles. The summed E-state index contributed by atoms with van der Waals surface area (Å²) in [4.78, 5) is 15.8. The molecule has 6 heteroatoms. The molecule has 1 aromatic heterocycles. The lowest BCUT2D eigenvalue weighted by molar-refractivity contribution is 0.0941. The molecule has 1 atom stereocenters. The van der Waals surface area contributed by atoms with E-state index in [1.165, 1.54) is 0 Å². The third kappa shape index (κ3) is 2.90. The van der Waals surface area contributed by atoms with Crippen LogP contribution in [0.1, 0.15) is 16.8 Å². The highest BCUT2D eigenvalue weighted by Crippen LogP contribution is 2.20. The fourth-order valence-electron chi connectivity index (χ4n) is 1.49. The van der Waals surface area contributed by atoms with Crippen LogP contribution in [0.4, 0.5) is 0 Å². The Morgan fingerprint density at radius 2 is 2.50 bits per heavy atom. The summed E-state index contributed by atoms with van der Waals surface area (Å²) in [5, 5.41) is 3.20. The lowest BCUT2D eigenvalue weighted by Crippen LogP contribution is -2.34. The van der Waals surface area contributed by atoms with E-state index in [-0.39, 0.29) is 17.1 Å². The molecule has 1 N–H and O–H groups in total. The molecule has 1 amide bonds. The second kappa shape index (κ2) is 5.38. The summed E-state index contributed by atoms with van der Waals surface area (Å²) < 4.78 is 0.753. The van der Waals surface area contributed by atoms with Crippen molar-refractivity contribution in [3.8, 4) is 0 Å². The van der Waals surface area contributed by atoms with Crippen molar-refractivity contribution in [2.75, 3.05) is 11.5 Å². The summed E-state index contributed by atoms with van der Waals surface area (Å²) in [6.07, 6.45) is 2.60. The summed E-state index contributed by atoms with van der Waals surface area (Å²) in [6, 6.07) is 1.94. The molecule has 1 unspecified atom stereocenters. The van der Waals surface area contributed by atoms with E-state index in [4.69, 9.17) is 11.6 Å². The van der Waals surface area contributed by atoms with Crippen LogP contribution < -0.4 is 5.32 Å². The summed E-state index contributed by atoms with van der Waals surface area (Å²) in [7, 11) is 0. The summed E-state index contributed by atoms with van der Waals surface area (Å²) >= 11 is 11.0. The Morgan fingerprint density at radius 1 is 1.69 bits per heavy atom. The van der Waals surface area contributed by atoms with E-state index in [9.17, 15) is 4.79 Å². The van der Waals surface area contributed by atoms with Gasteiger partial charge in [0, 0.05) is 22.5 Å². The predicted molar refractivity (Wildman–Crippen MR) is 70.1 cm³/mol. The topological polar surface area (TPSA) is 42.0 Å². The molecular formula is C10H10BrClN2OS. The molecule has 86 valence electrons. The third-order valence-electron chi connectivity index (χ3n) is 2.32.